The summed E-state index contributed by atoms with van der Waals surface area (Å²) >= 11 is 0. The molecule has 0 aliphatic heterocycles. The number of carbonyl (C=O) groups excluding carboxylic acids is 2. The molecule has 24 heavy (non-hydrogen) atoms. The van der Waals surface area contributed by atoms with Crippen LogP contribution in [0.3, 0.4) is 0 Å². The van der Waals surface area contributed by atoms with Gasteiger partial charge in [0.25, 0.3) is 0 Å². The molecule has 1 fully saturated rings. The van der Waals surface area contributed by atoms with Gasteiger partial charge in [-0.3, -0.25) is 4.79 Å². The van der Waals surface area contributed by atoms with Crippen molar-refractivity contribution in [2.75, 3.05) is 27.2 Å². The van der Waals surface area contributed by atoms with E-state index >= 15 is 0 Å². The number of hydrogen-bond acceptors (Lipinski definition) is 3. The molecule has 0 atom stereocenters. The molecule has 132 valence electrons. The molecule has 1 aliphatic rings. The molecule has 0 heterocycles. The van der Waals surface area contributed by atoms with Gasteiger partial charge in [-0.15, -0.1) is 0 Å². The Hall–Kier alpha value is -2.24. The molecule has 2 N–H and O–H groups in total. The van der Waals surface area contributed by atoms with Crippen LogP contribution < -0.4 is 15.4 Å². The Bertz CT molecular complexity index is 556. The number of hydrogen-bond donors (Lipinski definition) is 2. The third kappa shape index (κ3) is 5.44. The molecule has 1 saturated carbocycles. The molecule has 0 unspecified atom stereocenters. The first-order valence-corrected chi connectivity index (χ1v) is 8.49. The van der Waals surface area contributed by atoms with Crippen molar-refractivity contribution in [3.05, 3.63) is 29.8 Å². The van der Waals surface area contributed by atoms with E-state index < -0.39 is 0 Å². The molecule has 0 aromatic heterocycles. The van der Waals surface area contributed by atoms with E-state index in [2.05, 4.69) is 10.6 Å². The van der Waals surface area contributed by atoms with Gasteiger partial charge in [-0.1, -0.05) is 25.0 Å². The number of amides is 3. The van der Waals surface area contributed by atoms with Gasteiger partial charge in [0, 0.05) is 32.6 Å². The van der Waals surface area contributed by atoms with Gasteiger partial charge in [0.15, 0.2) is 0 Å². The van der Waals surface area contributed by atoms with E-state index in [1.54, 1.807) is 19.1 Å². The molecule has 1 aromatic rings. The maximum Gasteiger partial charge on any atom is 0.317 e. The summed E-state index contributed by atoms with van der Waals surface area (Å²) < 4.78 is 5.18. The summed E-state index contributed by atoms with van der Waals surface area (Å²) in [6.45, 7) is 1.39. The highest BCUT2D eigenvalue weighted by atomic mass is 16.5. The molecule has 0 spiro atoms. The fourth-order valence-electron chi connectivity index (χ4n) is 2.94. The van der Waals surface area contributed by atoms with Crippen LogP contribution in [0.5, 0.6) is 5.75 Å². The molecule has 3 amide bonds. The van der Waals surface area contributed by atoms with E-state index in [1.807, 2.05) is 24.3 Å². The number of ether oxygens (including phenoxy) is 1. The number of urea groups is 1. The molecule has 0 bridgehead atoms. The van der Waals surface area contributed by atoms with Crippen LogP contribution in [-0.2, 0) is 11.3 Å². The Morgan fingerprint density at radius 3 is 2.62 bits per heavy atom. The molecule has 6 heteroatoms. The fourth-order valence-corrected chi connectivity index (χ4v) is 2.94. The van der Waals surface area contributed by atoms with Gasteiger partial charge in [0.2, 0.25) is 5.91 Å². The van der Waals surface area contributed by atoms with Crippen molar-refractivity contribution in [1.82, 2.24) is 15.5 Å². The molecule has 0 radical (unpaired) electrons. The summed E-state index contributed by atoms with van der Waals surface area (Å²) in [6.07, 6.45) is 4.26. The van der Waals surface area contributed by atoms with Crippen molar-refractivity contribution in [3.63, 3.8) is 0 Å². The van der Waals surface area contributed by atoms with Crippen molar-refractivity contribution in [1.29, 1.82) is 0 Å². The van der Waals surface area contributed by atoms with Crippen LogP contribution >= 0.6 is 0 Å². The average Bonchev–Trinajstić information content (AvgIpc) is 3.13. The van der Waals surface area contributed by atoms with Gasteiger partial charge in [-0.25, -0.2) is 4.79 Å². The number of nitrogens with zero attached hydrogens (tertiary/aromatic N) is 1. The van der Waals surface area contributed by atoms with Crippen LogP contribution in [0.15, 0.2) is 24.3 Å². The van der Waals surface area contributed by atoms with E-state index in [0.717, 1.165) is 37.0 Å². The molecular formula is C18H27N3O3. The molecule has 0 saturated heterocycles. The predicted molar refractivity (Wildman–Crippen MR) is 92.8 cm³/mol. The van der Waals surface area contributed by atoms with Crippen molar-refractivity contribution >= 4 is 11.9 Å². The van der Waals surface area contributed by atoms with Crippen LogP contribution in [0.1, 0.15) is 31.2 Å². The summed E-state index contributed by atoms with van der Waals surface area (Å²) in [5.74, 6) is 1.05. The van der Waals surface area contributed by atoms with E-state index in [9.17, 15) is 9.59 Å². The molecule has 2 rings (SSSR count). The lowest BCUT2D eigenvalue weighted by atomic mass is 10.1. The van der Waals surface area contributed by atoms with Crippen molar-refractivity contribution in [2.24, 2.45) is 5.92 Å². The lowest BCUT2D eigenvalue weighted by Gasteiger charge is -2.18. The minimum absolute atomic E-state index is 0.117. The summed E-state index contributed by atoms with van der Waals surface area (Å²) in [5.41, 5.74) is 1.00. The topological polar surface area (TPSA) is 70.7 Å². The number of methoxy groups -OCH3 is 1. The second-order valence-corrected chi connectivity index (χ2v) is 6.21. The Labute approximate surface area is 143 Å². The van der Waals surface area contributed by atoms with Gasteiger partial charge in [0.05, 0.1) is 7.11 Å². The standard InChI is InChI=1S/C18H27N3O3/c1-21(13-14-6-5-9-16(12-14)24-2)18(23)20-11-10-19-17(22)15-7-3-4-8-15/h5-6,9,12,15H,3-4,7-8,10-11,13H2,1-2H3,(H,19,22)(H,20,23). The van der Waals surface area contributed by atoms with Crippen LogP contribution in [0.25, 0.3) is 0 Å². The van der Waals surface area contributed by atoms with E-state index in [-0.39, 0.29) is 17.9 Å². The average molecular weight is 333 g/mol. The highest BCUT2D eigenvalue weighted by Crippen LogP contribution is 2.24. The highest BCUT2D eigenvalue weighted by Gasteiger charge is 2.22. The zero-order valence-electron chi connectivity index (χ0n) is 14.5. The summed E-state index contributed by atoms with van der Waals surface area (Å²) in [5, 5.41) is 5.71. The smallest absolute Gasteiger partial charge is 0.317 e. The SMILES string of the molecule is COc1cccc(CN(C)C(=O)NCCNC(=O)C2CCCC2)c1. The normalized spacial score (nSPS) is 14.2. The maximum atomic E-state index is 12.1. The van der Waals surface area contributed by atoms with E-state index in [1.165, 1.54) is 0 Å². The van der Waals surface area contributed by atoms with E-state index in [0.29, 0.717) is 19.6 Å². The third-order valence-electron chi connectivity index (χ3n) is 4.33. The lowest BCUT2D eigenvalue weighted by Crippen LogP contribution is -2.41. The second kappa shape index (κ2) is 9.15. The number of rotatable bonds is 7. The summed E-state index contributed by atoms with van der Waals surface area (Å²) in [6, 6.07) is 7.47. The predicted octanol–water partition coefficient (Wildman–Crippen LogP) is 2.14. The first-order chi connectivity index (χ1) is 11.6. The Balaban J connectivity index is 1.66. The highest BCUT2D eigenvalue weighted by molar-refractivity contribution is 5.79. The van der Waals surface area contributed by atoms with Gasteiger partial charge >= 0.3 is 6.03 Å². The first kappa shape index (κ1) is 18.1. The third-order valence-corrected chi connectivity index (χ3v) is 4.33. The molecule has 1 aliphatic carbocycles. The Kier molecular flexibility index (Phi) is 6.90. The van der Waals surface area contributed by atoms with Crippen molar-refractivity contribution in [3.8, 4) is 5.75 Å². The quantitative estimate of drug-likeness (QED) is 0.751. The van der Waals surface area contributed by atoms with Crippen molar-refractivity contribution < 1.29 is 14.3 Å². The molecule has 1 aromatic carbocycles. The Morgan fingerprint density at radius 2 is 1.92 bits per heavy atom. The zero-order valence-corrected chi connectivity index (χ0v) is 14.5. The summed E-state index contributed by atoms with van der Waals surface area (Å²) in [4.78, 5) is 25.6. The minimum atomic E-state index is -0.159. The van der Waals surface area contributed by atoms with Gasteiger partial charge in [-0.2, -0.15) is 0 Å². The minimum Gasteiger partial charge on any atom is -0.497 e. The van der Waals surface area contributed by atoms with Gasteiger partial charge < -0.3 is 20.3 Å². The molecule has 6 nitrogen and oxygen atoms in total. The summed E-state index contributed by atoms with van der Waals surface area (Å²) in [7, 11) is 3.36. The van der Waals surface area contributed by atoms with Crippen molar-refractivity contribution in [2.45, 2.75) is 32.2 Å². The lowest BCUT2D eigenvalue weighted by molar-refractivity contribution is -0.124. The Morgan fingerprint density at radius 1 is 1.21 bits per heavy atom. The van der Waals surface area contributed by atoms with Gasteiger partial charge in [-0.05, 0) is 30.5 Å². The van der Waals surface area contributed by atoms with Crippen LogP contribution in [0.4, 0.5) is 4.79 Å². The van der Waals surface area contributed by atoms with Crippen LogP contribution in [0, 0.1) is 5.92 Å². The number of benzene rings is 1. The monoisotopic (exact) mass is 333 g/mol. The first-order valence-electron chi connectivity index (χ1n) is 8.49. The second-order valence-electron chi connectivity index (χ2n) is 6.21. The zero-order chi connectivity index (χ0) is 17.4. The largest absolute Gasteiger partial charge is 0.497 e. The maximum absolute atomic E-state index is 12.1. The molecular weight excluding hydrogens is 306 g/mol. The van der Waals surface area contributed by atoms with E-state index in [4.69, 9.17) is 4.74 Å². The number of nitrogens with one attached hydrogen (secondary N) is 2. The number of carbonyl (C=O) groups is 2. The fraction of sp³-hybridized carbons (Fsp3) is 0.556. The van der Waals surface area contributed by atoms with Crippen LogP contribution in [-0.4, -0.2) is 44.1 Å². The van der Waals surface area contributed by atoms with Gasteiger partial charge in [0.1, 0.15) is 5.75 Å². The van der Waals surface area contributed by atoms with Crippen LogP contribution in [0.2, 0.25) is 0 Å².